The average Bonchev–Trinajstić information content (AvgIpc) is 2.71. The van der Waals surface area contributed by atoms with Crippen LogP contribution < -0.4 is 16.2 Å². The van der Waals surface area contributed by atoms with Crippen LogP contribution in [-0.4, -0.2) is 33.6 Å². The summed E-state index contributed by atoms with van der Waals surface area (Å²) in [7, 11) is 1.66. The Morgan fingerprint density at radius 3 is 2.76 bits per heavy atom. The van der Waals surface area contributed by atoms with Crippen molar-refractivity contribution in [3.8, 4) is 5.75 Å². The first-order valence-electron chi connectivity index (χ1n) is 9.94. The molecular weight excluding hydrogens is 362 g/mol. The monoisotopic (exact) mass is 389 g/mol. The molecule has 0 aliphatic heterocycles. The van der Waals surface area contributed by atoms with Crippen LogP contribution in [0.3, 0.4) is 0 Å². The Morgan fingerprint density at radius 1 is 1.17 bits per heavy atom. The quantitative estimate of drug-likeness (QED) is 0.708. The van der Waals surface area contributed by atoms with Crippen molar-refractivity contribution in [3.63, 3.8) is 0 Å². The number of nitrogens with two attached hydrogens (primary N) is 2. The molecule has 4 N–H and O–H groups in total. The maximum atomic E-state index is 6.56. The zero-order valence-electron chi connectivity index (χ0n) is 16.9. The summed E-state index contributed by atoms with van der Waals surface area (Å²) in [6.45, 7) is 2.07. The molecule has 2 heterocycles. The molecule has 29 heavy (non-hydrogen) atoms. The molecule has 1 aliphatic carbocycles. The Balaban J connectivity index is 1.78. The van der Waals surface area contributed by atoms with Crippen molar-refractivity contribution < 1.29 is 4.74 Å². The fraction of sp³-hybridized carbons (Fsp3) is 0.348. The number of aromatic nitrogens is 3. The van der Waals surface area contributed by atoms with E-state index in [9.17, 15) is 0 Å². The third-order valence-electron chi connectivity index (χ3n) is 5.64. The number of hydrogen-bond acceptors (Lipinski definition) is 6. The van der Waals surface area contributed by atoms with Gasteiger partial charge in [-0.1, -0.05) is 6.07 Å². The summed E-state index contributed by atoms with van der Waals surface area (Å²) in [4.78, 5) is 14.0. The van der Waals surface area contributed by atoms with E-state index >= 15 is 0 Å². The van der Waals surface area contributed by atoms with E-state index in [0.717, 1.165) is 47.3 Å². The van der Waals surface area contributed by atoms with E-state index < -0.39 is 0 Å². The highest BCUT2D eigenvalue weighted by atomic mass is 16.5. The Kier molecular flexibility index (Phi) is 5.30. The molecule has 0 bridgehead atoms. The van der Waals surface area contributed by atoms with E-state index in [2.05, 4.69) is 11.9 Å². The third-order valence-corrected chi connectivity index (χ3v) is 5.64. The second-order valence-corrected chi connectivity index (χ2v) is 8.11. The fourth-order valence-corrected chi connectivity index (χ4v) is 4.09. The van der Waals surface area contributed by atoms with Gasteiger partial charge in [-0.3, -0.25) is 4.98 Å². The number of fused-ring (bicyclic) bond motifs is 1. The van der Waals surface area contributed by atoms with E-state index in [1.165, 1.54) is 0 Å². The molecule has 6 heteroatoms. The molecule has 150 valence electrons. The molecule has 0 amide bonds. The second kappa shape index (κ2) is 7.89. The molecular formula is C23H27N5O. The van der Waals surface area contributed by atoms with Gasteiger partial charge in [-0.2, -0.15) is 0 Å². The van der Waals surface area contributed by atoms with Gasteiger partial charge in [0.05, 0.1) is 24.0 Å². The lowest BCUT2D eigenvalue weighted by molar-refractivity contribution is 0.261. The summed E-state index contributed by atoms with van der Waals surface area (Å²) in [5.74, 6) is 1.56. The van der Waals surface area contributed by atoms with Crippen LogP contribution in [0.2, 0.25) is 0 Å². The molecule has 1 aliphatic rings. The lowest BCUT2D eigenvalue weighted by Crippen LogP contribution is -2.49. The second-order valence-electron chi connectivity index (χ2n) is 8.11. The van der Waals surface area contributed by atoms with Gasteiger partial charge in [-0.15, -0.1) is 0 Å². The van der Waals surface area contributed by atoms with E-state index in [4.69, 9.17) is 26.2 Å². The Hall–Kier alpha value is -2.83. The highest BCUT2D eigenvalue weighted by Gasteiger charge is 2.35. The minimum atomic E-state index is -0.224. The Bertz CT molecular complexity index is 1030. The molecule has 1 aromatic carbocycles. The van der Waals surface area contributed by atoms with Crippen LogP contribution >= 0.6 is 0 Å². The van der Waals surface area contributed by atoms with Gasteiger partial charge < -0.3 is 16.2 Å². The van der Waals surface area contributed by atoms with Gasteiger partial charge >= 0.3 is 0 Å². The summed E-state index contributed by atoms with van der Waals surface area (Å²) in [6, 6.07) is 11.6. The number of hydrogen-bond donors (Lipinski definition) is 2. The molecule has 0 radical (unpaired) electrons. The highest BCUT2D eigenvalue weighted by Crippen LogP contribution is 2.38. The van der Waals surface area contributed by atoms with E-state index in [0.29, 0.717) is 5.82 Å². The zero-order valence-corrected chi connectivity index (χ0v) is 16.9. The van der Waals surface area contributed by atoms with Crippen LogP contribution in [0.5, 0.6) is 5.75 Å². The number of rotatable bonds is 4. The van der Waals surface area contributed by atoms with E-state index in [1.807, 2.05) is 48.6 Å². The number of benzene rings is 1. The fourth-order valence-electron chi connectivity index (χ4n) is 4.09. The number of nitrogens with zero attached hydrogens (tertiary/aromatic N) is 3. The van der Waals surface area contributed by atoms with Gasteiger partial charge in [0.25, 0.3) is 0 Å². The van der Waals surface area contributed by atoms with Gasteiger partial charge in [0.15, 0.2) is 5.82 Å². The third kappa shape index (κ3) is 4.28. The Morgan fingerprint density at radius 2 is 2.03 bits per heavy atom. The van der Waals surface area contributed by atoms with Crippen LogP contribution in [0.4, 0.5) is 0 Å². The first kappa shape index (κ1) is 19.5. The minimum Gasteiger partial charge on any atom is -0.497 e. The standard InChI is InChI=1S/C23H27N5O/c1-23(25)11-10-17(19(24)14-23)22-18-13-16(29-2)7-8-20(18)27-21(28-22)9-6-15-5-3-4-12-26-15/h3-9,12-13,17,19H,10-11,14,24-25H2,1-2H3/b9-6-. The summed E-state index contributed by atoms with van der Waals surface area (Å²) in [5, 5.41) is 0.986. The molecule has 4 rings (SSSR count). The molecule has 3 aromatic rings. The zero-order chi connectivity index (χ0) is 20.4. The van der Waals surface area contributed by atoms with Gasteiger partial charge in [0, 0.05) is 29.1 Å². The van der Waals surface area contributed by atoms with Gasteiger partial charge in [0.1, 0.15) is 5.75 Å². The molecule has 0 spiro atoms. The summed E-state index contributed by atoms with van der Waals surface area (Å²) >= 11 is 0. The van der Waals surface area contributed by atoms with Gasteiger partial charge in [-0.05, 0) is 68.7 Å². The molecule has 1 saturated carbocycles. The molecule has 1 fully saturated rings. The summed E-state index contributed by atoms with van der Waals surface area (Å²) in [6.07, 6.45) is 8.18. The summed E-state index contributed by atoms with van der Waals surface area (Å²) in [5.41, 5.74) is 15.4. The lowest BCUT2D eigenvalue weighted by atomic mass is 9.73. The van der Waals surface area contributed by atoms with Crippen LogP contribution in [-0.2, 0) is 0 Å². The van der Waals surface area contributed by atoms with Crippen LogP contribution in [0.1, 0.15) is 49.3 Å². The van der Waals surface area contributed by atoms with Crippen molar-refractivity contribution in [1.82, 2.24) is 15.0 Å². The van der Waals surface area contributed by atoms with Gasteiger partial charge in [-0.25, -0.2) is 9.97 Å². The minimum absolute atomic E-state index is 0.0457. The van der Waals surface area contributed by atoms with Crippen LogP contribution in [0.25, 0.3) is 23.1 Å². The van der Waals surface area contributed by atoms with E-state index in [1.54, 1.807) is 13.3 Å². The van der Waals surface area contributed by atoms with Crippen molar-refractivity contribution in [2.45, 2.75) is 43.7 Å². The summed E-state index contributed by atoms with van der Waals surface area (Å²) < 4.78 is 5.43. The maximum absolute atomic E-state index is 6.56. The van der Waals surface area contributed by atoms with E-state index in [-0.39, 0.29) is 17.5 Å². The number of pyridine rings is 1. The molecule has 3 unspecified atom stereocenters. The van der Waals surface area contributed by atoms with Crippen molar-refractivity contribution in [2.24, 2.45) is 11.5 Å². The lowest BCUT2D eigenvalue weighted by Gasteiger charge is -2.38. The van der Waals surface area contributed by atoms with Crippen LogP contribution in [0, 0.1) is 0 Å². The van der Waals surface area contributed by atoms with Crippen molar-refractivity contribution in [2.75, 3.05) is 7.11 Å². The SMILES string of the molecule is COc1ccc2nc(/C=C\c3ccccn3)nc(C3CCC(C)(N)CC3N)c2c1. The van der Waals surface area contributed by atoms with Crippen LogP contribution in [0.15, 0.2) is 42.6 Å². The predicted molar refractivity (Wildman–Crippen MR) is 116 cm³/mol. The number of ether oxygens (including phenoxy) is 1. The van der Waals surface area contributed by atoms with Gasteiger partial charge in [0.2, 0.25) is 0 Å². The Labute approximate surface area is 171 Å². The van der Waals surface area contributed by atoms with Crippen molar-refractivity contribution in [1.29, 1.82) is 0 Å². The predicted octanol–water partition coefficient (Wildman–Crippen LogP) is 3.52. The largest absolute Gasteiger partial charge is 0.497 e. The maximum Gasteiger partial charge on any atom is 0.152 e. The van der Waals surface area contributed by atoms with Crippen molar-refractivity contribution in [3.05, 3.63) is 59.8 Å². The number of methoxy groups -OCH3 is 1. The molecule has 3 atom stereocenters. The smallest absolute Gasteiger partial charge is 0.152 e. The van der Waals surface area contributed by atoms with Crippen molar-refractivity contribution >= 4 is 23.1 Å². The molecule has 6 nitrogen and oxygen atoms in total. The molecule has 2 aromatic heterocycles. The first-order valence-corrected chi connectivity index (χ1v) is 9.94. The normalized spacial score (nSPS) is 24.8. The average molecular weight is 390 g/mol. The molecule has 0 saturated heterocycles. The first-order chi connectivity index (χ1) is 13.9. The highest BCUT2D eigenvalue weighted by molar-refractivity contribution is 5.84. The topological polar surface area (TPSA) is 99.9 Å².